The minimum Gasteiger partial charge on any atom is -0.382 e. The average molecular weight is 168 g/mol. The van der Waals surface area contributed by atoms with E-state index in [0.29, 0.717) is 12.3 Å². The van der Waals surface area contributed by atoms with Gasteiger partial charge in [-0.1, -0.05) is 13.8 Å². The Kier molecular flexibility index (Phi) is 1.32. The lowest BCUT2D eigenvalue weighted by molar-refractivity contribution is -0.180. The number of hydrogen-bond acceptors (Lipinski definition) is 2. The molecule has 0 aromatic carbocycles. The van der Waals surface area contributed by atoms with Crippen molar-refractivity contribution in [2.24, 2.45) is 17.3 Å². The molecule has 0 amide bonds. The molecule has 0 radical (unpaired) electrons. The van der Waals surface area contributed by atoms with Gasteiger partial charge < -0.3 is 5.11 Å². The normalized spacial score (nSPS) is 50.2. The monoisotopic (exact) mass is 168 g/mol. The summed E-state index contributed by atoms with van der Waals surface area (Å²) >= 11 is 0. The summed E-state index contributed by atoms with van der Waals surface area (Å²) < 4.78 is 0. The summed E-state index contributed by atoms with van der Waals surface area (Å²) in [6.45, 7) is 5.93. The van der Waals surface area contributed by atoms with E-state index in [9.17, 15) is 9.90 Å². The zero-order valence-corrected chi connectivity index (χ0v) is 7.92. The standard InChI is InChI=1S/C10H16O2/c1-9(2)6-4-7(9)8(11)10(3,12)5-6/h6-7,12H,4-5H2,1-3H3. The number of rotatable bonds is 0. The Morgan fingerprint density at radius 1 is 1.42 bits per heavy atom. The van der Waals surface area contributed by atoms with E-state index in [1.807, 2.05) is 0 Å². The summed E-state index contributed by atoms with van der Waals surface area (Å²) in [4.78, 5) is 11.7. The van der Waals surface area contributed by atoms with Gasteiger partial charge in [-0.15, -0.1) is 0 Å². The molecule has 1 N–H and O–H groups in total. The van der Waals surface area contributed by atoms with E-state index < -0.39 is 5.60 Å². The van der Waals surface area contributed by atoms with Crippen molar-refractivity contribution in [3.05, 3.63) is 0 Å². The largest absolute Gasteiger partial charge is 0.382 e. The summed E-state index contributed by atoms with van der Waals surface area (Å²) in [7, 11) is 0. The van der Waals surface area contributed by atoms with Gasteiger partial charge in [0.1, 0.15) is 5.60 Å². The predicted octanol–water partition coefficient (Wildman–Crippen LogP) is 1.37. The van der Waals surface area contributed by atoms with Crippen molar-refractivity contribution in [1.29, 1.82) is 0 Å². The number of carbonyl (C=O) groups is 1. The SMILES string of the molecule is CC1(O)CC2CC(C1=O)C2(C)C. The third kappa shape index (κ3) is 0.764. The summed E-state index contributed by atoms with van der Waals surface area (Å²) in [6, 6.07) is 0. The fourth-order valence-electron chi connectivity index (χ4n) is 2.76. The molecule has 0 aromatic rings. The Balaban J connectivity index is 2.29. The minimum absolute atomic E-state index is 0.0648. The van der Waals surface area contributed by atoms with Crippen LogP contribution in [0.2, 0.25) is 0 Å². The van der Waals surface area contributed by atoms with Crippen LogP contribution in [0.25, 0.3) is 0 Å². The van der Waals surface area contributed by atoms with Crippen LogP contribution in [0.15, 0.2) is 0 Å². The molecule has 12 heavy (non-hydrogen) atoms. The molecule has 0 heterocycles. The second kappa shape index (κ2) is 1.92. The number of aliphatic hydroxyl groups is 1. The molecule has 3 aliphatic rings. The van der Waals surface area contributed by atoms with Crippen LogP contribution in [-0.2, 0) is 4.79 Å². The van der Waals surface area contributed by atoms with Gasteiger partial charge in [0.05, 0.1) is 0 Å². The molecule has 0 spiro atoms. The Bertz CT molecular complexity index is 240. The van der Waals surface area contributed by atoms with Gasteiger partial charge in [-0.25, -0.2) is 0 Å². The summed E-state index contributed by atoms with van der Waals surface area (Å²) in [5.74, 6) is 0.733. The van der Waals surface area contributed by atoms with Crippen molar-refractivity contribution in [2.75, 3.05) is 0 Å². The van der Waals surface area contributed by atoms with E-state index in [-0.39, 0.29) is 17.1 Å². The van der Waals surface area contributed by atoms with Crippen molar-refractivity contribution in [3.63, 3.8) is 0 Å². The molecule has 0 saturated heterocycles. The van der Waals surface area contributed by atoms with Crippen LogP contribution in [0, 0.1) is 17.3 Å². The molecular formula is C10H16O2. The van der Waals surface area contributed by atoms with Crippen molar-refractivity contribution in [2.45, 2.75) is 39.2 Å². The van der Waals surface area contributed by atoms with Gasteiger partial charge in [0.25, 0.3) is 0 Å². The second-order valence-electron chi connectivity index (χ2n) is 5.15. The van der Waals surface area contributed by atoms with E-state index in [2.05, 4.69) is 13.8 Å². The number of Topliss-reactive ketones (excluding diaryl/α,β-unsaturated/α-hetero) is 1. The van der Waals surface area contributed by atoms with Crippen LogP contribution in [0.5, 0.6) is 0 Å². The van der Waals surface area contributed by atoms with Gasteiger partial charge in [0.2, 0.25) is 0 Å². The molecular weight excluding hydrogens is 152 g/mol. The molecule has 0 aliphatic heterocycles. The van der Waals surface area contributed by atoms with Crippen LogP contribution >= 0.6 is 0 Å². The van der Waals surface area contributed by atoms with E-state index in [4.69, 9.17) is 0 Å². The maximum absolute atomic E-state index is 11.7. The first-order valence-corrected chi connectivity index (χ1v) is 4.62. The first-order valence-electron chi connectivity index (χ1n) is 4.62. The van der Waals surface area contributed by atoms with Crippen molar-refractivity contribution in [1.82, 2.24) is 0 Å². The lowest BCUT2D eigenvalue weighted by Crippen LogP contribution is -2.62. The fourth-order valence-corrected chi connectivity index (χ4v) is 2.76. The smallest absolute Gasteiger partial charge is 0.167 e. The van der Waals surface area contributed by atoms with Crippen LogP contribution < -0.4 is 0 Å². The number of fused-ring (bicyclic) bond motifs is 2. The Hall–Kier alpha value is -0.370. The number of ketones is 1. The molecule has 68 valence electrons. The highest BCUT2D eigenvalue weighted by Gasteiger charge is 2.61. The van der Waals surface area contributed by atoms with E-state index in [1.165, 1.54) is 0 Å². The molecule has 3 atom stereocenters. The summed E-state index contributed by atoms with van der Waals surface area (Å²) in [5.41, 5.74) is -0.873. The van der Waals surface area contributed by atoms with Gasteiger partial charge in [0.15, 0.2) is 5.78 Å². The highest BCUT2D eigenvalue weighted by atomic mass is 16.3. The first-order chi connectivity index (χ1) is 5.36. The van der Waals surface area contributed by atoms with Crippen molar-refractivity contribution in [3.8, 4) is 0 Å². The van der Waals surface area contributed by atoms with Crippen LogP contribution in [0.1, 0.15) is 33.6 Å². The van der Waals surface area contributed by atoms with Gasteiger partial charge in [-0.3, -0.25) is 4.79 Å². The highest BCUT2D eigenvalue weighted by molar-refractivity contribution is 5.91. The molecule has 3 unspecified atom stereocenters. The van der Waals surface area contributed by atoms with Crippen molar-refractivity contribution >= 4 is 5.78 Å². The van der Waals surface area contributed by atoms with E-state index in [0.717, 1.165) is 6.42 Å². The Morgan fingerprint density at radius 2 is 2.00 bits per heavy atom. The first kappa shape index (κ1) is 8.24. The lowest BCUT2D eigenvalue weighted by atomic mass is 9.45. The third-order valence-corrected chi connectivity index (χ3v) is 3.96. The van der Waals surface area contributed by atoms with Gasteiger partial charge >= 0.3 is 0 Å². The summed E-state index contributed by atoms with van der Waals surface area (Å²) in [6.07, 6.45) is 1.66. The minimum atomic E-state index is -1.02. The maximum Gasteiger partial charge on any atom is 0.167 e. The quantitative estimate of drug-likeness (QED) is 0.593. The number of hydrogen-bond donors (Lipinski definition) is 1. The summed E-state index contributed by atoms with van der Waals surface area (Å²) in [5, 5.41) is 9.73. The zero-order chi connectivity index (χ0) is 9.15. The second-order valence-corrected chi connectivity index (χ2v) is 5.15. The zero-order valence-electron chi connectivity index (χ0n) is 7.92. The molecule has 2 bridgehead atoms. The highest BCUT2D eigenvalue weighted by Crippen LogP contribution is 2.59. The van der Waals surface area contributed by atoms with E-state index >= 15 is 0 Å². The molecule has 0 aromatic heterocycles. The average Bonchev–Trinajstić information content (AvgIpc) is 1.93. The third-order valence-electron chi connectivity index (χ3n) is 3.96. The van der Waals surface area contributed by atoms with Crippen LogP contribution in [-0.4, -0.2) is 16.5 Å². The van der Waals surface area contributed by atoms with E-state index in [1.54, 1.807) is 6.92 Å². The topological polar surface area (TPSA) is 37.3 Å². The maximum atomic E-state index is 11.7. The fraction of sp³-hybridized carbons (Fsp3) is 0.900. The van der Waals surface area contributed by atoms with Crippen LogP contribution in [0.4, 0.5) is 0 Å². The van der Waals surface area contributed by atoms with Gasteiger partial charge in [0, 0.05) is 5.92 Å². The molecule has 2 nitrogen and oxygen atoms in total. The molecule has 2 heteroatoms. The van der Waals surface area contributed by atoms with Crippen LogP contribution in [0.3, 0.4) is 0 Å². The van der Waals surface area contributed by atoms with Crippen molar-refractivity contribution < 1.29 is 9.90 Å². The van der Waals surface area contributed by atoms with Gasteiger partial charge in [-0.2, -0.15) is 0 Å². The predicted molar refractivity (Wildman–Crippen MR) is 45.6 cm³/mol. The van der Waals surface area contributed by atoms with Gasteiger partial charge in [-0.05, 0) is 31.1 Å². The molecule has 3 aliphatic carbocycles. The Labute approximate surface area is 73.0 Å². The molecule has 3 saturated carbocycles. The lowest BCUT2D eigenvalue weighted by Gasteiger charge is -2.59. The molecule has 3 fully saturated rings. The molecule has 3 rings (SSSR count). The Morgan fingerprint density at radius 3 is 2.33 bits per heavy atom. The number of carbonyl (C=O) groups excluding carboxylic acids is 1.